The highest BCUT2D eigenvalue weighted by atomic mass is 16.3. The average molecular weight is 271 g/mol. The third-order valence-electron chi connectivity index (χ3n) is 3.78. The van der Waals surface area contributed by atoms with Crippen LogP contribution in [0.5, 0.6) is 0 Å². The van der Waals surface area contributed by atoms with E-state index in [2.05, 4.69) is 58.1 Å². The van der Waals surface area contributed by atoms with Gasteiger partial charge in [0.2, 0.25) is 0 Å². The van der Waals surface area contributed by atoms with Gasteiger partial charge < -0.3 is 9.73 Å². The summed E-state index contributed by atoms with van der Waals surface area (Å²) >= 11 is 0. The van der Waals surface area contributed by atoms with E-state index in [-0.39, 0.29) is 6.04 Å². The lowest BCUT2D eigenvalue weighted by Gasteiger charge is -2.21. The Morgan fingerprint density at radius 2 is 1.65 bits per heavy atom. The molecule has 0 aliphatic rings. The number of nitrogens with one attached hydrogen (secondary N) is 1. The van der Waals surface area contributed by atoms with Crippen molar-refractivity contribution < 1.29 is 4.42 Å². The van der Waals surface area contributed by atoms with Crippen molar-refractivity contribution in [2.45, 2.75) is 52.5 Å². The summed E-state index contributed by atoms with van der Waals surface area (Å²) in [6.45, 7) is 11.1. The molecule has 0 amide bonds. The summed E-state index contributed by atoms with van der Waals surface area (Å²) in [4.78, 5) is 0. The Kier molecular flexibility index (Phi) is 4.53. The Morgan fingerprint density at radius 3 is 2.20 bits per heavy atom. The zero-order chi connectivity index (χ0) is 14.7. The molecule has 0 aliphatic carbocycles. The number of furan rings is 1. The van der Waals surface area contributed by atoms with Gasteiger partial charge in [0.15, 0.2) is 0 Å². The minimum Gasteiger partial charge on any atom is -0.472 e. The third-order valence-corrected chi connectivity index (χ3v) is 3.78. The van der Waals surface area contributed by atoms with E-state index in [1.165, 1.54) is 22.4 Å². The van der Waals surface area contributed by atoms with E-state index >= 15 is 0 Å². The predicted octanol–water partition coefficient (Wildman–Crippen LogP) is 5.70. The molecule has 0 saturated heterocycles. The first kappa shape index (κ1) is 14.7. The summed E-state index contributed by atoms with van der Waals surface area (Å²) in [5.74, 6) is 1.07. The predicted molar refractivity (Wildman–Crippen MR) is 85.4 cm³/mol. The van der Waals surface area contributed by atoms with Gasteiger partial charge in [-0.2, -0.15) is 0 Å². The van der Waals surface area contributed by atoms with Gasteiger partial charge in [0.25, 0.3) is 0 Å². The molecular formula is C18H25NO. The van der Waals surface area contributed by atoms with E-state index in [1.54, 1.807) is 12.5 Å². The summed E-state index contributed by atoms with van der Waals surface area (Å²) in [6.07, 6.45) is 3.52. The van der Waals surface area contributed by atoms with Gasteiger partial charge in [-0.3, -0.25) is 0 Å². The molecule has 0 spiro atoms. The lowest BCUT2D eigenvalue weighted by atomic mass is 9.94. The van der Waals surface area contributed by atoms with Crippen molar-refractivity contribution in [3.63, 3.8) is 0 Å². The minimum atomic E-state index is 0.246. The molecule has 1 unspecified atom stereocenters. The quantitative estimate of drug-likeness (QED) is 0.754. The molecule has 1 aromatic carbocycles. The summed E-state index contributed by atoms with van der Waals surface area (Å²) in [5.41, 5.74) is 5.17. The van der Waals surface area contributed by atoms with Gasteiger partial charge in [-0.15, -0.1) is 0 Å². The monoisotopic (exact) mass is 271 g/mol. The van der Waals surface area contributed by atoms with Crippen molar-refractivity contribution in [3.8, 4) is 0 Å². The third kappa shape index (κ3) is 3.24. The van der Waals surface area contributed by atoms with E-state index in [0.29, 0.717) is 11.8 Å². The molecular weight excluding hydrogens is 246 g/mol. The largest absolute Gasteiger partial charge is 0.472 e. The molecule has 2 rings (SSSR count). The Morgan fingerprint density at radius 1 is 0.900 bits per heavy atom. The molecule has 0 saturated carbocycles. The molecule has 0 fully saturated rings. The van der Waals surface area contributed by atoms with Crippen LogP contribution in [-0.2, 0) is 0 Å². The lowest BCUT2D eigenvalue weighted by Crippen LogP contribution is -2.09. The number of hydrogen-bond donors (Lipinski definition) is 1. The van der Waals surface area contributed by atoms with Gasteiger partial charge in [0, 0.05) is 11.3 Å². The molecule has 1 heterocycles. The van der Waals surface area contributed by atoms with Crippen molar-refractivity contribution in [2.75, 3.05) is 5.32 Å². The van der Waals surface area contributed by atoms with E-state index < -0.39 is 0 Å². The Bertz CT molecular complexity index is 541. The van der Waals surface area contributed by atoms with Crippen LogP contribution in [0.15, 0.2) is 41.2 Å². The number of hydrogen-bond acceptors (Lipinski definition) is 2. The Balaban J connectivity index is 2.27. The second-order valence-electron chi connectivity index (χ2n) is 6.08. The molecule has 2 nitrogen and oxygen atoms in total. The molecule has 108 valence electrons. The molecule has 1 atom stereocenters. The summed E-state index contributed by atoms with van der Waals surface area (Å²) in [5, 5.41) is 3.60. The second kappa shape index (κ2) is 6.17. The highest BCUT2D eigenvalue weighted by molar-refractivity contribution is 5.55. The van der Waals surface area contributed by atoms with Gasteiger partial charge in [-0.05, 0) is 42.0 Å². The minimum absolute atomic E-state index is 0.246. The fourth-order valence-electron chi connectivity index (χ4n) is 2.39. The molecule has 2 heteroatoms. The number of anilines is 1. The molecule has 1 N–H and O–H groups in total. The van der Waals surface area contributed by atoms with Crippen LogP contribution < -0.4 is 5.32 Å². The fraction of sp³-hybridized carbons (Fsp3) is 0.444. The van der Waals surface area contributed by atoms with Crippen LogP contribution in [0.1, 0.15) is 69.2 Å². The van der Waals surface area contributed by atoms with Crippen LogP contribution in [0.4, 0.5) is 5.69 Å². The number of benzene rings is 1. The highest BCUT2D eigenvalue weighted by Gasteiger charge is 2.13. The standard InChI is InChI=1S/C18H25NO/c1-12(2)15-6-7-18(17(10-15)13(3)4)19-14(5)16-8-9-20-11-16/h6-14,19H,1-5H3. The van der Waals surface area contributed by atoms with Crippen LogP contribution in [0.2, 0.25) is 0 Å². The zero-order valence-electron chi connectivity index (χ0n) is 13.1. The van der Waals surface area contributed by atoms with Gasteiger partial charge >= 0.3 is 0 Å². The van der Waals surface area contributed by atoms with Crippen LogP contribution in [0.25, 0.3) is 0 Å². The van der Waals surface area contributed by atoms with Crippen molar-refractivity contribution >= 4 is 5.69 Å². The highest BCUT2D eigenvalue weighted by Crippen LogP contribution is 2.30. The van der Waals surface area contributed by atoms with E-state index in [4.69, 9.17) is 4.42 Å². The first-order valence-corrected chi connectivity index (χ1v) is 7.41. The van der Waals surface area contributed by atoms with Crippen molar-refractivity contribution in [2.24, 2.45) is 0 Å². The summed E-state index contributed by atoms with van der Waals surface area (Å²) < 4.78 is 5.16. The maximum absolute atomic E-state index is 5.16. The van der Waals surface area contributed by atoms with E-state index in [9.17, 15) is 0 Å². The molecule has 0 bridgehead atoms. The average Bonchev–Trinajstić information content (AvgIpc) is 2.92. The van der Waals surface area contributed by atoms with Crippen LogP contribution in [0, 0.1) is 0 Å². The number of rotatable bonds is 5. The normalized spacial score (nSPS) is 12.9. The van der Waals surface area contributed by atoms with Crippen LogP contribution >= 0.6 is 0 Å². The van der Waals surface area contributed by atoms with Gasteiger partial charge in [-0.25, -0.2) is 0 Å². The van der Waals surface area contributed by atoms with Crippen LogP contribution in [-0.4, -0.2) is 0 Å². The molecule has 0 aliphatic heterocycles. The van der Waals surface area contributed by atoms with Crippen molar-refractivity contribution in [1.82, 2.24) is 0 Å². The lowest BCUT2D eigenvalue weighted by molar-refractivity contribution is 0.562. The first-order valence-electron chi connectivity index (χ1n) is 7.41. The maximum Gasteiger partial charge on any atom is 0.0955 e. The smallest absolute Gasteiger partial charge is 0.0955 e. The van der Waals surface area contributed by atoms with Crippen molar-refractivity contribution in [3.05, 3.63) is 53.5 Å². The van der Waals surface area contributed by atoms with Gasteiger partial charge in [0.05, 0.1) is 18.6 Å². The topological polar surface area (TPSA) is 25.2 Å². The Labute approximate surface area is 122 Å². The van der Waals surface area contributed by atoms with E-state index in [0.717, 1.165) is 0 Å². The van der Waals surface area contributed by atoms with Crippen LogP contribution in [0.3, 0.4) is 0 Å². The van der Waals surface area contributed by atoms with Gasteiger partial charge in [0.1, 0.15) is 0 Å². The van der Waals surface area contributed by atoms with E-state index in [1.807, 2.05) is 6.07 Å². The summed E-state index contributed by atoms with van der Waals surface area (Å²) in [7, 11) is 0. The molecule has 0 radical (unpaired) electrons. The first-order chi connectivity index (χ1) is 9.49. The van der Waals surface area contributed by atoms with Crippen molar-refractivity contribution in [1.29, 1.82) is 0 Å². The Hall–Kier alpha value is -1.70. The second-order valence-corrected chi connectivity index (χ2v) is 6.08. The fourth-order valence-corrected chi connectivity index (χ4v) is 2.39. The maximum atomic E-state index is 5.16. The molecule has 20 heavy (non-hydrogen) atoms. The molecule has 1 aromatic heterocycles. The van der Waals surface area contributed by atoms with Gasteiger partial charge in [-0.1, -0.05) is 39.8 Å². The summed E-state index contributed by atoms with van der Waals surface area (Å²) in [6, 6.07) is 9.02. The zero-order valence-corrected chi connectivity index (χ0v) is 13.1. The molecule has 2 aromatic rings. The SMILES string of the molecule is CC(C)c1ccc(NC(C)c2ccoc2)c(C(C)C)c1.